The van der Waals surface area contributed by atoms with Gasteiger partial charge in [0.15, 0.2) is 5.65 Å². The quantitative estimate of drug-likeness (QED) is 0.699. The number of aromatic nitrogens is 2. The fourth-order valence-electron chi connectivity index (χ4n) is 4.58. The Kier molecular flexibility index (Phi) is 4.40. The van der Waals surface area contributed by atoms with Gasteiger partial charge in [-0.25, -0.2) is 9.78 Å². The van der Waals surface area contributed by atoms with Crippen LogP contribution >= 0.6 is 11.3 Å². The lowest BCUT2D eigenvalue weighted by molar-refractivity contribution is 0.102. The van der Waals surface area contributed by atoms with Crippen LogP contribution in [0.1, 0.15) is 18.9 Å². The molecular weight excluding hydrogens is 386 g/mol. The summed E-state index contributed by atoms with van der Waals surface area (Å²) in [5.41, 5.74) is 7.39. The van der Waals surface area contributed by atoms with Crippen molar-refractivity contribution in [2.24, 2.45) is 5.73 Å². The van der Waals surface area contributed by atoms with Crippen molar-refractivity contribution in [3.63, 3.8) is 0 Å². The van der Waals surface area contributed by atoms with Gasteiger partial charge in [0.05, 0.1) is 10.2 Å². The van der Waals surface area contributed by atoms with Crippen molar-refractivity contribution >= 4 is 27.7 Å². The Labute approximate surface area is 173 Å². The summed E-state index contributed by atoms with van der Waals surface area (Å²) in [5.74, 6) is 0.776. The second kappa shape index (κ2) is 6.96. The van der Waals surface area contributed by atoms with Crippen LogP contribution in [0.3, 0.4) is 0 Å². The number of ether oxygens (including phenoxy) is 1. The van der Waals surface area contributed by atoms with Crippen molar-refractivity contribution < 1.29 is 9.53 Å². The highest BCUT2D eigenvalue weighted by molar-refractivity contribution is 7.20. The summed E-state index contributed by atoms with van der Waals surface area (Å²) in [4.78, 5) is 24.6. The summed E-state index contributed by atoms with van der Waals surface area (Å²) in [5, 5.41) is 0.604. The summed E-state index contributed by atoms with van der Waals surface area (Å²) in [6, 6.07) is 12.2. The fourth-order valence-corrected chi connectivity index (χ4v) is 5.38. The molecule has 2 aromatic heterocycles. The molecule has 5 rings (SSSR count). The van der Waals surface area contributed by atoms with E-state index in [4.69, 9.17) is 10.5 Å². The van der Waals surface area contributed by atoms with E-state index in [1.165, 1.54) is 16.9 Å². The Bertz CT molecular complexity index is 1020. The van der Waals surface area contributed by atoms with Crippen molar-refractivity contribution in [3.8, 4) is 10.9 Å². The summed E-state index contributed by atoms with van der Waals surface area (Å²) in [6.45, 7) is 4.77. The molecule has 1 aromatic carbocycles. The molecule has 0 saturated carbocycles. The van der Waals surface area contributed by atoms with Gasteiger partial charge in [0, 0.05) is 31.9 Å². The van der Waals surface area contributed by atoms with Gasteiger partial charge in [0.1, 0.15) is 5.75 Å². The molecule has 0 radical (unpaired) electrons. The highest BCUT2D eigenvalue weighted by Crippen LogP contribution is 2.39. The Balaban J connectivity index is 1.18. The number of fused-ring (bicyclic) bond motifs is 3. The second-order valence-corrected chi connectivity index (χ2v) is 9.07. The van der Waals surface area contributed by atoms with Crippen molar-refractivity contribution in [2.45, 2.75) is 31.3 Å². The molecule has 2 amide bonds. The molecule has 1 unspecified atom stereocenters. The maximum absolute atomic E-state index is 11.6. The van der Waals surface area contributed by atoms with Gasteiger partial charge in [0.2, 0.25) is 0 Å². The van der Waals surface area contributed by atoms with Crippen LogP contribution in [0, 0.1) is 0 Å². The van der Waals surface area contributed by atoms with E-state index in [0.717, 1.165) is 42.9 Å². The minimum absolute atomic E-state index is 0.111. The van der Waals surface area contributed by atoms with E-state index in [1.54, 1.807) is 6.20 Å². The number of carbonyl (C=O) groups excluding carboxylic acids is 1. The molecular formula is C21H23N5O2S. The highest BCUT2D eigenvalue weighted by Gasteiger charge is 2.52. The van der Waals surface area contributed by atoms with E-state index < -0.39 is 0 Å². The highest BCUT2D eigenvalue weighted by atomic mass is 32.1. The normalized spacial score (nSPS) is 23.8. The number of hydrogen-bond acceptors (Lipinski definition) is 6. The van der Waals surface area contributed by atoms with E-state index in [1.807, 2.05) is 29.2 Å². The van der Waals surface area contributed by atoms with Gasteiger partial charge >= 0.3 is 6.03 Å². The van der Waals surface area contributed by atoms with E-state index >= 15 is 0 Å². The number of likely N-dealkylation sites (tertiary alicyclic amines) is 2. The van der Waals surface area contributed by atoms with Crippen LogP contribution in [0.2, 0.25) is 0 Å². The van der Waals surface area contributed by atoms with E-state index in [-0.39, 0.29) is 11.6 Å². The predicted molar refractivity (Wildman–Crippen MR) is 112 cm³/mol. The number of piperazine rings is 1. The molecule has 2 fully saturated rings. The van der Waals surface area contributed by atoms with Crippen LogP contribution in [0.25, 0.3) is 10.3 Å². The Morgan fingerprint density at radius 3 is 2.86 bits per heavy atom. The third kappa shape index (κ3) is 3.42. The van der Waals surface area contributed by atoms with E-state index in [2.05, 4.69) is 33.9 Å². The molecule has 8 heteroatoms. The van der Waals surface area contributed by atoms with Gasteiger partial charge in [-0.3, -0.25) is 4.90 Å². The Hall–Kier alpha value is -2.71. The number of nitrogens with zero attached hydrogens (tertiary/aromatic N) is 4. The topological polar surface area (TPSA) is 84.6 Å². The average molecular weight is 410 g/mol. The second-order valence-electron chi connectivity index (χ2n) is 8.08. The first-order chi connectivity index (χ1) is 14.0. The standard InChI is InChI=1S/C21H23N5O2S/c1-21-11-15(12-26(21)19(22)27)25(13-21)10-8-14-4-6-16(7-5-14)28-20-24-18-17(29-20)3-2-9-23-18/h2-7,9,15H,8,10-13H2,1H3,(H2,22,27)/t15-,21?/m1/s1. The summed E-state index contributed by atoms with van der Waals surface area (Å²) in [7, 11) is 0. The van der Waals surface area contributed by atoms with Crippen LogP contribution < -0.4 is 10.5 Å². The average Bonchev–Trinajstić information content (AvgIpc) is 3.36. The summed E-state index contributed by atoms with van der Waals surface area (Å²) < 4.78 is 6.91. The molecule has 2 bridgehead atoms. The summed E-state index contributed by atoms with van der Waals surface area (Å²) in [6.07, 6.45) is 3.72. The lowest BCUT2D eigenvalue weighted by atomic mass is 10.0. The molecule has 29 heavy (non-hydrogen) atoms. The number of hydrogen-bond donors (Lipinski definition) is 1. The molecule has 150 valence electrons. The van der Waals surface area contributed by atoms with Crippen molar-refractivity contribution in [1.82, 2.24) is 19.8 Å². The minimum Gasteiger partial charge on any atom is -0.431 e. The van der Waals surface area contributed by atoms with Gasteiger partial charge in [-0.05, 0) is 49.6 Å². The third-order valence-electron chi connectivity index (χ3n) is 6.01. The van der Waals surface area contributed by atoms with Crippen molar-refractivity contribution in [1.29, 1.82) is 0 Å². The zero-order chi connectivity index (χ0) is 20.0. The Morgan fingerprint density at radius 1 is 1.34 bits per heavy atom. The number of rotatable bonds is 5. The molecule has 3 aromatic rings. The molecule has 0 spiro atoms. The van der Waals surface area contributed by atoms with Crippen LogP contribution in [-0.4, -0.2) is 57.0 Å². The van der Waals surface area contributed by atoms with Crippen molar-refractivity contribution in [2.75, 3.05) is 19.6 Å². The number of primary amides is 1. The van der Waals surface area contributed by atoms with Gasteiger partial charge in [0.25, 0.3) is 5.19 Å². The number of carbonyl (C=O) groups is 1. The molecule has 2 N–H and O–H groups in total. The zero-order valence-corrected chi connectivity index (χ0v) is 17.1. The molecule has 2 aliphatic rings. The third-order valence-corrected chi connectivity index (χ3v) is 6.90. The lowest BCUT2D eigenvalue weighted by Gasteiger charge is -2.39. The van der Waals surface area contributed by atoms with Gasteiger partial charge in [-0.1, -0.05) is 23.5 Å². The van der Waals surface area contributed by atoms with Crippen LogP contribution in [-0.2, 0) is 6.42 Å². The molecule has 4 heterocycles. The number of thiazole rings is 1. The first-order valence-corrected chi connectivity index (χ1v) is 10.6. The largest absolute Gasteiger partial charge is 0.431 e. The smallest absolute Gasteiger partial charge is 0.315 e. The van der Waals surface area contributed by atoms with E-state index in [9.17, 15) is 4.79 Å². The zero-order valence-electron chi connectivity index (χ0n) is 16.2. The molecule has 2 atom stereocenters. The number of urea groups is 1. The van der Waals surface area contributed by atoms with Gasteiger partial charge in [-0.2, -0.15) is 4.98 Å². The molecule has 2 saturated heterocycles. The maximum Gasteiger partial charge on any atom is 0.315 e. The lowest BCUT2D eigenvalue weighted by Crippen LogP contribution is -2.56. The molecule has 0 aliphatic carbocycles. The Morgan fingerprint density at radius 2 is 2.17 bits per heavy atom. The van der Waals surface area contributed by atoms with Crippen LogP contribution in [0.15, 0.2) is 42.6 Å². The number of pyridine rings is 1. The maximum atomic E-state index is 11.6. The molecule has 2 aliphatic heterocycles. The summed E-state index contributed by atoms with van der Waals surface area (Å²) >= 11 is 1.49. The number of benzene rings is 1. The van der Waals surface area contributed by atoms with Gasteiger partial charge < -0.3 is 15.4 Å². The first-order valence-electron chi connectivity index (χ1n) is 9.80. The van der Waals surface area contributed by atoms with Crippen molar-refractivity contribution in [3.05, 3.63) is 48.2 Å². The van der Waals surface area contributed by atoms with E-state index in [0.29, 0.717) is 16.9 Å². The van der Waals surface area contributed by atoms with Crippen LogP contribution in [0.4, 0.5) is 4.79 Å². The van der Waals surface area contributed by atoms with Gasteiger partial charge in [-0.15, -0.1) is 0 Å². The minimum atomic E-state index is -0.297. The predicted octanol–water partition coefficient (Wildman–Crippen LogP) is 3.25. The monoisotopic (exact) mass is 409 g/mol. The first kappa shape index (κ1) is 18.3. The SMILES string of the molecule is CC12C[C@H](CN1C(N)=O)N(CCc1ccc(Oc3nc4ncccc4s3)cc1)C2. The fraction of sp³-hybridized carbons (Fsp3) is 0.381. The van der Waals surface area contributed by atoms with Crippen LogP contribution in [0.5, 0.6) is 10.9 Å². The number of amides is 2. The molecule has 7 nitrogen and oxygen atoms in total. The number of nitrogens with two attached hydrogens (primary N) is 1.